The fourth-order valence-corrected chi connectivity index (χ4v) is 3.70. The van der Waals surface area contributed by atoms with E-state index in [2.05, 4.69) is 15.3 Å². The highest BCUT2D eigenvalue weighted by Crippen LogP contribution is 2.24. The number of anilines is 2. The second-order valence-electron chi connectivity index (χ2n) is 8.44. The maximum absolute atomic E-state index is 14.6. The summed E-state index contributed by atoms with van der Waals surface area (Å²) in [6, 6.07) is 14.5. The van der Waals surface area contributed by atoms with E-state index in [9.17, 15) is 14.0 Å². The molecular formula is C26H25ClFN5O4. The van der Waals surface area contributed by atoms with Gasteiger partial charge >= 0.3 is 11.4 Å². The Labute approximate surface area is 217 Å². The molecule has 0 amide bonds. The van der Waals surface area contributed by atoms with Crippen molar-refractivity contribution in [3.05, 3.63) is 104 Å². The summed E-state index contributed by atoms with van der Waals surface area (Å²) in [5.74, 6) is -0.184. The molecule has 0 unspecified atom stereocenters. The molecule has 0 saturated heterocycles. The van der Waals surface area contributed by atoms with Crippen LogP contribution in [-0.4, -0.2) is 32.3 Å². The Kier molecular flexibility index (Phi) is 7.88. The summed E-state index contributed by atoms with van der Waals surface area (Å²) in [7, 11) is 1.48. The van der Waals surface area contributed by atoms with E-state index in [1.807, 2.05) is 0 Å². The number of benzene rings is 2. The Balaban J connectivity index is 1.75. The second-order valence-corrected chi connectivity index (χ2v) is 8.88. The van der Waals surface area contributed by atoms with Crippen LogP contribution in [0.4, 0.5) is 16.0 Å². The average molecular weight is 526 g/mol. The van der Waals surface area contributed by atoms with Crippen LogP contribution < -0.4 is 26.2 Å². The third-order valence-corrected chi connectivity index (χ3v) is 5.56. The zero-order chi connectivity index (χ0) is 26.5. The fourth-order valence-electron chi connectivity index (χ4n) is 3.58. The highest BCUT2D eigenvalue weighted by molar-refractivity contribution is 6.30. The summed E-state index contributed by atoms with van der Waals surface area (Å²) in [4.78, 5) is 34.7. The Morgan fingerprint density at radius 3 is 2.41 bits per heavy atom. The van der Waals surface area contributed by atoms with Crippen molar-refractivity contribution in [3.8, 4) is 11.6 Å². The molecule has 0 radical (unpaired) electrons. The molecular weight excluding hydrogens is 501 g/mol. The van der Waals surface area contributed by atoms with Crippen LogP contribution in [0.2, 0.25) is 5.02 Å². The van der Waals surface area contributed by atoms with Crippen molar-refractivity contribution in [2.24, 2.45) is 0 Å². The smallest absolute Gasteiger partial charge is 0.355 e. The van der Waals surface area contributed by atoms with Crippen molar-refractivity contribution in [1.82, 2.24) is 19.1 Å². The summed E-state index contributed by atoms with van der Waals surface area (Å²) >= 11 is 6.00. The topological polar surface area (TPSA) is 100 Å². The molecule has 192 valence electrons. The van der Waals surface area contributed by atoms with E-state index >= 15 is 0 Å². The molecule has 2 aromatic heterocycles. The van der Waals surface area contributed by atoms with Crippen LogP contribution in [0.25, 0.3) is 0 Å². The summed E-state index contributed by atoms with van der Waals surface area (Å²) in [5.41, 5.74) is 0.305. The molecule has 9 nitrogen and oxygen atoms in total. The molecule has 0 spiro atoms. The minimum atomic E-state index is -0.768. The number of halogens is 2. The lowest BCUT2D eigenvalue weighted by Gasteiger charge is -2.17. The van der Waals surface area contributed by atoms with Crippen LogP contribution >= 0.6 is 11.6 Å². The van der Waals surface area contributed by atoms with Gasteiger partial charge in [-0.25, -0.2) is 23.5 Å². The van der Waals surface area contributed by atoms with Crippen molar-refractivity contribution in [3.63, 3.8) is 0 Å². The number of ether oxygens (including phenoxy) is 2. The van der Waals surface area contributed by atoms with E-state index in [1.165, 1.54) is 30.0 Å². The van der Waals surface area contributed by atoms with Crippen LogP contribution in [-0.2, 0) is 13.1 Å². The van der Waals surface area contributed by atoms with Gasteiger partial charge in [-0.05, 0) is 55.3 Å². The van der Waals surface area contributed by atoms with Crippen LogP contribution in [0, 0.1) is 5.82 Å². The minimum Gasteiger partial charge on any atom is -0.488 e. The van der Waals surface area contributed by atoms with Crippen molar-refractivity contribution >= 4 is 23.2 Å². The molecule has 0 aliphatic rings. The number of nitrogens with zero attached hydrogens (tertiary/aromatic N) is 4. The summed E-state index contributed by atoms with van der Waals surface area (Å²) < 4.78 is 27.5. The number of hydrogen-bond acceptors (Lipinski definition) is 7. The van der Waals surface area contributed by atoms with Crippen LogP contribution in [0.5, 0.6) is 11.6 Å². The SMILES string of the molecule is COc1cc(Cn2c(=O)nc(Nc3ccc(OC(C)C)c(F)c3)n(Cc3ccc(Cl)cc3)c2=O)ccn1. The van der Waals surface area contributed by atoms with Crippen molar-refractivity contribution in [2.75, 3.05) is 12.4 Å². The molecule has 4 rings (SSSR count). The van der Waals surface area contributed by atoms with Crippen LogP contribution in [0.1, 0.15) is 25.0 Å². The predicted octanol–water partition coefficient (Wildman–Crippen LogP) is 4.23. The predicted molar refractivity (Wildman–Crippen MR) is 139 cm³/mol. The van der Waals surface area contributed by atoms with Crippen molar-refractivity contribution in [1.29, 1.82) is 0 Å². The van der Waals surface area contributed by atoms with Gasteiger partial charge in [-0.15, -0.1) is 0 Å². The number of aromatic nitrogens is 4. The lowest BCUT2D eigenvalue weighted by Crippen LogP contribution is -2.43. The number of hydrogen-bond donors (Lipinski definition) is 1. The van der Waals surface area contributed by atoms with Gasteiger partial charge in [0.15, 0.2) is 11.6 Å². The van der Waals surface area contributed by atoms with Gasteiger partial charge in [0.25, 0.3) is 0 Å². The highest BCUT2D eigenvalue weighted by atomic mass is 35.5. The van der Waals surface area contributed by atoms with E-state index in [4.69, 9.17) is 21.1 Å². The monoisotopic (exact) mass is 525 g/mol. The summed E-state index contributed by atoms with van der Waals surface area (Å²) in [6.07, 6.45) is 1.32. The molecule has 0 fully saturated rings. The van der Waals surface area contributed by atoms with E-state index in [0.29, 0.717) is 22.2 Å². The van der Waals surface area contributed by atoms with Crippen LogP contribution in [0.15, 0.2) is 70.4 Å². The van der Waals surface area contributed by atoms with Gasteiger partial charge in [0, 0.05) is 29.0 Å². The van der Waals surface area contributed by atoms with Crippen molar-refractivity contribution < 1.29 is 13.9 Å². The molecule has 0 atom stereocenters. The Bertz CT molecular complexity index is 1520. The second kappa shape index (κ2) is 11.3. The first-order valence-corrected chi connectivity index (χ1v) is 11.8. The minimum absolute atomic E-state index is 0.0366. The molecule has 2 aromatic carbocycles. The maximum atomic E-state index is 14.6. The molecule has 0 bridgehead atoms. The average Bonchev–Trinajstić information content (AvgIpc) is 2.87. The molecule has 0 aliphatic heterocycles. The zero-order valence-electron chi connectivity index (χ0n) is 20.4. The number of nitrogens with one attached hydrogen (secondary N) is 1. The maximum Gasteiger partial charge on any atom is 0.355 e. The van der Waals surface area contributed by atoms with E-state index < -0.39 is 17.2 Å². The Hall–Kier alpha value is -4.18. The molecule has 2 heterocycles. The fraction of sp³-hybridized carbons (Fsp3) is 0.231. The van der Waals surface area contributed by atoms with Gasteiger partial charge in [-0.3, -0.25) is 4.57 Å². The third kappa shape index (κ3) is 6.34. The lowest BCUT2D eigenvalue weighted by atomic mass is 10.2. The highest BCUT2D eigenvalue weighted by Gasteiger charge is 2.16. The summed E-state index contributed by atoms with van der Waals surface area (Å²) in [6.45, 7) is 3.63. The molecule has 0 aliphatic carbocycles. The Morgan fingerprint density at radius 2 is 1.73 bits per heavy atom. The van der Waals surface area contributed by atoms with Crippen molar-refractivity contribution in [2.45, 2.75) is 33.0 Å². The van der Waals surface area contributed by atoms with E-state index in [-0.39, 0.29) is 30.9 Å². The van der Waals surface area contributed by atoms with Gasteiger partial charge in [-0.1, -0.05) is 23.7 Å². The summed E-state index contributed by atoms with van der Waals surface area (Å²) in [5, 5.41) is 3.45. The zero-order valence-corrected chi connectivity index (χ0v) is 21.2. The van der Waals surface area contributed by atoms with Gasteiger partial charge in [0.2, 0.25) is 11.8 Å². The van der Waals surface area contributed by atoms with Gasteiger partial charge in [0.05, 0.1) is 26.3 Å². The molecule has 11 heteroatoms. The number of rotatable bonds is 9. The quantitative estimate of drug-likeness (QED) is 0.349. The first kappa shape index (κ1) is 25.9. The van der Waals surface area contributed by atoms with Gasteiger partial charge in [-0.2, -0.15) is 4.98 Å². The van der Waals surface area contributed by atoms with Gasteiger partial charge in [0.1, 0.15) is 0 Å². The molecule has 1 N–H and O–H groups in total. The lowest BCUT2D eigenvalue weighted by molar-refractivity contribution is 0.231. The normalized spacial score (nSPS) is 11.0. The Morgan fingerprint density at radius 1 is 1.00 bits per heavy atom. The molecule has 0 saturated carbocycles. The van der Waals surface area contributed by atoms with Crippen LogP contribution in [0.3, 0.4) is 0 Å². The largest absolute Gasteiger partial charge is 0.488 e. The standard InChI is InChI=1S/C26H25ClFN5O4/c1-16(2)37-22-9-8-20(13-21(22)28)30-24-31-25(34)33(15-18-10-11-29-23(12-18)36-3)26(35)32(24)14-17-4-6-19(27)7-5-17/h4-13,16H,14-15H2,1-3H3,(H,30,31,34). The first-order valence-electron chi connectivity index (χ1n) is 11.4. The third-order valence-electron chi connectivity index (χ3n) is 5.30. The van der Waals surface area contributed by atoms with Gasteiger partial charge < -0.3 is 14.8 Å². The number of methoxy groups -OCH3 is 1. The molecule has 37 heavy (non-hydrogen) atoms. The van der Waals surface area contributed by atoms with E-state index in [1.54, 1.807) is 56.3 Å². The van der Waals surface area contributed by atoms with E-state index in [0.717, 1.165) is 10.1 Å². The molecule has 4 aromatic rings. The number of pyridine rings is 1. The first-order chi connectivity index (χ1) is 17.7.